The van der Waals surface area contributed by atoms with Gasteiger partial charge in [-0.25, -0.2) is 4.98 Å². The summed E-state index contributed by atoms with van der Waals surface area (Å²) in [5.41, 5.74) is 5.29. The SMILES string of the molecule is Cc1ccc(SC(C)c2cc(C)ccc2C)nc1. The molecule has 0 fully saturated rings. The lowest BCUT2D eigenvalue weighted by Gasteiger charge is -2.14. The van der Waals surface area contributed by atoms with Gasteiger partial charge in [0.1, 0.15) is 0 Å². The van der Waals surface area contributed by atoms with Gasteiger partial charge < -0.3 is 0 Å². The number of thioether (sulfide) groups is 1. The van der Waals surface area contributed by atoms with Crippen molar-refractivity contribution in [2.45, 2.75) is 38.0 Å². The number of pyridine rings is 1. The molecule has 0 aliphatic rings. The quantitative estimate of drug-likeness (QED) is 0.728. The number of benzene rings is 1. The van der Waals surface area contributed by atoms with Crippen molar-refractivity contribution in [3.63, 3.8) is 0 Å². The van der Waals surface area contributed by atoms with Crippen LogP contribution in [0.2, 0.25) is 0 Å². The fraction of sp³-hybridized carbons (Fsp3) is 0.312. The van der Waals surface area contributed by atoms with Crippen molar-refractivity contribution in [2.24, 2.45) is 0 Å². The summed E-state index contributed by atoms with van der Waals surface area (Å²) in [6.07, 6.45) is 1.93. The molecule has 1 aromatic heterocycles. The van der Waals surface area contributed by atoms with Gasteiger partial charge in [-0.05, 0) is 50.5 Å². The van der Waals surface area contributed by atoms with E-state index in [1.165, 1.54) is 22.3 Å². The first-order valence-electron chi connectivity index (χ1n) is 6.23. The molecule has 1 aromatic carbocycles. The molecule has 2 heteroatoms. The van der Waals surface area contributed by atoms with Crippen molar-refractivity contribution in [2.75, 3.05) is 0 Å². The van der Waals surface area contributed by atoms with E-state index in [1.807, 2.05) is 18.0 Å². The molecule has 1 atom stereocenters. The van der Waals surface area contributed by atoms with Crippen LogP contribution in [0.5, 0.6) is 0 Å². The Labute approximate surface area is 114 Å². The minimum Gasteiger partial charge on any atom is -0.250 e. The van der Waals surface area contributed by atoms with Crippen molar-refractivity contribution in [3.8, 4) is 0 Å². The number of aromatic nitrogens is 1. The van der Waals surface area contributed by atoms with Crippen LogP contribution in [0.3, 0.4) is 0 Å². The van der Waals surface area contributed by atoms with E-state index in [9.17, 15) is 0 Å². The maximum absolute atomic E-state index is 4.46. The molecule has 0 aliphatic carbocycles. The lowest BCUT2D eigenvalue weighted by Crippen LogP contribution is -1.94. The Morgan fingerprint density at radius 3 is 2.39 bits per heavy atom. The number of rotatable bonds is 3. The van der Waals surface area contributed by atoms with Gasteiger partial charge in [0.25, 0.3) is 0 Å². The maximum atomic E-state index is 4.46. The molecular weight excluding hydrogens is 238 g/mol. The normalized spacial score (nSPS) is 12.4. The van der Waals surface area contributed by atoms with E-state index >= 15 is 0 Å². The van der Waals surface area contributed by atoms with Crippen LogP contribution in [0.15, 0.2) is 41.6 Å². The third-order valence-electron chi connectivity index (χ3n) is 3.05. The molecule has 0 saturated carbocycles. The van der Waals surface area contributed by atoms with Gasteiger partial charge in [0.05, 0.1) is 5.03 Å². The van der Waals surface area contributed by atoms with Crippen molar-refractivity contribution >= 4 is 11.8 Å². The van der Waals surface area contributed by atoms with E-state index in [2.05, 4.69) is 63.0 Å². The largest absolute Gasteiger partial charge is 0.250 e. The maximum Gasteiger partial charge on any atom is 0.0965 e. The van der Waals surface area contributed by atoms with Gasteiger partial charge in [-0.2, -0.15) is 0 Å². The highest BCUT2D eigenvalue weighted by atomic mass is 32.2. The molecule has 0 spiro atoms. The zero-order valence-corrected chi connectivity index (χ0v) is 12.2. The van der Waals surface area contributed by atoms with E-state index in [-0.39, 0.29) is 0 Å². The van der Waals surface area contributed by atoms with Crippen LogP contribution in [0.25, 0.3) is 0 Å². The van der Waals surface area contributed by atoms with Crippen LogP contribution in [-0.4, -0.2) is 4.98 Å². The highest BCUT2D eigenvalue weighted by Gasteiger charge is 2.10. The number of hydrogen-bond donors (Lipinski definition) is 0. The van der Waals surface area contributed by atoms with Crippen LogP contribution < -0.4 is 0 Å². The Morgan fingerprint density at radius 2 is 1.72 bits per heavy atom. The predicted molar refractivity (Wildman–Crippen MR) is 79.2 cm³/mol. The zero-order chi connectivity index (χ0) is 13.1. The first-order valence-corrected chi connectivity index (χ1v) is 7.10. The molecule has 1 nitrogen and oxygen atoms in total. The molecule has 2 rings (SSSR count). The Bertz CT molecular complexity index is 531. The van der Waals surface area contributed by atoms with Crippen LogP contribution in [-0.2, 0) is 0 Å². The molecule has 0 saturated heterocycles. The summed E-state index contributed by atoms with van der Waals surface area (Å²) in [5.74, 6) is 0. The third kappa shape index (κ3) is 3.14. The van der Waals surface area contributed by atoms with E-state index in [0.717, 1.165) is 5.03 Å². The van der Waals surface area contributed by atoms with Crippen molar-refractivity contribution in [3.05, 3.63) is 58.8 Å². The molecule has 0 bridgehead atoms. The molecule has 0 aliphatic heterocycles. The van der Waals surface area contributed by atoms with Crippen LogP contribution in [0.4, 0.5) is 0 Å². The summed E-state index contributed by atoms with van der Waals surface area (Å²) in [5, 5.41) is 1.52. The molecule has 1 unspecified atom stereocenters. The fourth-order valence-corrected chi connectivity index (χ4v) is 2.97. The van der Waals surface area contributed by atoms with Crippen molar-refractivity contribution < 1.29 is 0 Å². The van der Waals surface area contributed by atoms with Gasteiger partial charge in [0.2, 0.25) is 0 Å². The summed E-state index contributed by atoms with van der Waals surface area (Å²) < 4.78 is 0. The summed E-state index contributed by atoms with van der Waals surface area (Å²) in [4.78, 5) is 4.46. The van der Waals surface area contributed by atoms with Crippen LogP contribution in [0.1, 0.15) is 34.4 Å². The first-order chi connectivity index (χ1) is 8.56. The first kappa shape index (κ1) is 13.2. The second-order valence-electron chi connectivity index (χ2n) is 4.79. The van der Waals surface area contributed by atoms with Crippen LogP contribution >= 0.6 is 11.8 Å². The van der Waals surface area contributed by atoms with E-state index in [1.54, 1.807) is 0 Å². The standard InChI is InChI=1S/C16H19NS/c1-11-5-7-13(3)15(9-11)14(4)18-16-8-6-12(2)10-17-16/h5-10,14H,1-4H3. The average Bonchev–Trinajstić information content (AvgIpc) is 2.35. The summed E-state index contributed by atoms with van der Waals surface area (Å²) in [6, 6.07) is 10.9. The van der Waals surface area contributed by atoms with Gasteiger partial charge in [0, 0.05) is 11.4 Å². The Hall–Kier alpha value is -1.28. The highest BCUT2D eigenvalue weighted by molar-refractivity contribution is 7.99. The highest BCUT2D eigenvalue weighted by Crippen LogP contribution is 2.35. The van der Waals surface area contributed by atoms with Gasteiger partial charge >= 0.3 is 0 Å². The second kappa shape index (κ2) is 5.57. The van der Waals surface area contributed by atoms with E-state index in [0.29, 0.717) is 5.25 Å². The smallest absolute Gasteiger partial charge is 0.0965 e. The van der Waals surface area contributed by atoms with Crippen molar-refractivity contribution in [1.29, 1.82) is 0 Å². The van der Waals surface area contributed by atoms with Gasteiger partial charge in [-0.1, -0.05) is 41.6 Å². The molecule has 2 aromatic rings. The fourth-order valence-electron chi connectivity index (χ4n) is 1.97. The predicted octanol–water partition coefficient (Wildman–Crippen LogP) is 4.86. The zero-order valence-electron chi connectivity index (χ0n) is 11.4. The summed E-state index contributed by atoms with van der Waals surface area (Å²) in [7, 11) is 0. The third-order valence-corrected chi connectivity index (χ3v) is 4.14. The average molecular weight is 257 g/mol. The van der Waals surface area contributed by atoms with Gasteiger partial charge in [-0.3, -0.25) is 0 Å². The Morgan fingerprint density at radius 1 is 1.00 bits per heavy atom. The Balaban J connectivity index is 2.18. The van der Waals surface area contributed by atoms with Crippen molar-refractivity contribution in [1.82, 2.24) is 4.98 Å². The second-order valence-corrected chi connectivity index (χ2v) is 6.15. The van der Waals surface area contributed by atoms with Gasteiger partial charge in [-0.15, -0.1) is 0 Å². The van der Waals surface area contributed by atoms with E-state index < -0.39 is 0 Å². The lowest BCUT2D eigenvalue weighted by molar-refractivity contribution is 1.04. The number of aryl methyl sites for hydroxylation is 3. The van der Waals surface area contributed by atoms with E-state index in [4.69, 9.17) is 0 Å². The number of nitrogens with zero attached hydrogens (tertiary/aromatic N) is 1. The minimum atomic E-state index is 0.431. The Kier molecular flexibility index (Phi) is 4.07. The number of hydrogen-bond acceptors (Lipinski definition) is 2. The molecule has 1 heterocycles. The lowest BCUT2D eigenvalue weighted by atomic mass is 10.0. The molecule has 0 N–H and O–H groups in total. The summed E-state index contributed by atoms with van der Waals surface area (Å²) in [6.45, 7) is 8.63. The summed E-state index contributed by atoms with van der Waals surface area (Å²) >= 11 is 1.82. The molecule has 0 radical (unpaired) electrons. The topological polar surface area (TPSA) is 12.9 Å². The van der Waals surface area contributed by atoms with Gasteiger partial charge in [0.15, 0.2) is 0 Å². The molecular formula is C16H19NS. The monoisotopic (exact) mass is 257 g/mol. The molecule has 0 amide bonds. The molecule has 94 valence electrons. The molecule has 18 heavy (non-hydrogen) atoms. The minimum absolute atomic E-state index is 0.431. The van der Waals surface area contributed by atoms with Crippen LogP contribution in [0, 0.1) is 20.8 Å².